The molecule has 0 spiro atoms. The number of rotatable bonds is 0. The first kappa shape index (κ1) is 24.4. The van der Waals surface area contributed by atoms with Gasteiger partial charge in [0.15, 0.2) is 0 Å². The highest BCUT2D eigenvalue weighted by molar-refractivity contribution is 7.00. The van der Waals surface area contributed by atoms with Gasteiger partial charge >= 0.3 is 0 Å². The second kappa shape index (κ2) is 8.21. The van der Waals surface area contributed by atoms with Gasteiger partial charge in [-0.25, -0.2) is 0 Å². The molecule has 4 aliphatic heterocycles. The lowest BCUT2D eigenvalue weighted by Gasteiger charge is -2.34. The molecule has 0 saturated heterocycles. The summed E-state index contributed by atoms with van der Waals surface area (Å²) < 4.78 is 5.27. The SMILES string of the molecule is c1ccc2c(c1)Cc1cccc3c1B2c1cc2c4ccc5c6c4n(c2c2c4ccccc4n-3c12)-c1ccccc1B6c1ccccc1C5. The standard InChI is InChI=1S/C44H26B2N2/c1-4-14-32-26(11-1)23-28-20-21-29-31-24-35-44-39(42(31)48-37-18-8-6-16-34(37)45(32)41(28)43(29)48)30-13-3-7-17-36(30)47(44)38-19-9-12-27-22-25-10-2-5-15-33(25)46(35)40(27)38/h1-21,24H,22-23H2. The molecule has 0 amide bonds. The molecule has 4 heteroatoms. The lowest BCUT2D eigenvalue weighted by atomic mass is 9.32. The zero-order valence-electron chi connectivity index (χ0n) is 26.2. The van der Waals surface area contributed by atoms with Crippen molar-refractivity contribution in [2.24, 2.45) is 0 Å². The summed E-state index contributed by atoms with van der Waals surface area (Å²) in [6.07, 6.45) is 1.97. The summed E-state index contributed by atoms with van der Waals surface area (Å²) in [5, 5.41) is 5.46. The van der Waals surface area contributed by atoms with Crippen LogP contribution in [0.5, 0.6) is 0 Å². The van der Waals surface area contributed by atoms with Crippen molar-refractivity contribution in [1.29, 1.82) is 0 Å². The molecule has 0 fully saturated rings. The lowest BCUT2D eigenvalue weighted by molar-refractivity contribution is 1.14. The van der Waals surface area contributed by atoms with Crippen molar-refractivity contribution in [3.8, 4) is 11.4 Å². The summed E-state index contributed by atoms with van der Waals surface area (Å²) in [5.74, 6) is 0. The lowest BCUT2D eigenvalue weighted by Crippen LogP contribution is -2.60. The number of hydrogen-bond donors (Lipinski definition) is 0. The monoisotopic (exact) mass is 604 g/mol. The molecule has 0 N–H and O–H groups in total. The molecular weight excluding hydrogens is 578 g/mol. The average molecular weight is 604 g/mol. The molecule has 0 atom stereocenters. The Bertz CT molecular complexity index is 2980. The molecule has 7 aromatic carbocycles. The Morgan fingerprint density at radius 3 is 1.88 bits per heavy atom. The van der Waals surface area contributed by atoms with E-state index in [2.05, 4.69) is 143 Å². The smallest absolute Gasteiger partial charge is 0.247 e. The third-order valence-electron chi connectivity index (χ3n) is 12.3. The Morgan fingerprint density at radius 2 is 1.04 bits per heavy atom. The van der Waals surface area contributed by atoms with E-state index in [1.54, 1.807) is 0 Å². The van der Waals surface area contributed by atoms with Gasteiger partial charge in [0.2, 0.25) is 13.4 Å². The Hall–Kier alpha value is -5.73. The minimum absolute atomic E-state index is 0.206. The normalized spacial score (nSPS) is 14.4. The van der Waals surface area contributed by atoms with Crippen molar-refractivity contribution in [3.05, 3.63) is 156 Å². The van der Waals surface area contributed by atoms with Crippen LogP contribution in [0.3, 0.4) is 0 Å². The Morgan fingerprint density at radius 1 is 0.396 bits per heavy atom. The van der Waals surface area contributed by atoms with Gasteiger partial charge in [-0.15, -0.1) is 0 Å². The van der Waals surface area contributed by atoms with Crippen LogP contribution < -0.4 is 32.8 Å². The number of hydrogen-bond acceptors (Lipinski definition) is 0. The van der Waals surface area contributed by atoms with Gasteiger partial charge in [-0.05, 0) is 75.1 Å². The topological polar surface area (TPSA) is 9.86 Å². The van der Waals surface area contributed by atoms with Crippen LogP contribution in [0.15, 0.2) is 133 Å². The second-order valence-electron chi connectivity index (χ2n) is 14.3. The molecule has 0 aliphatic carbocycles. The van der Waals surface area contributed by atoms with Gasteiger partial charge < -0.3 is 9.13 Å². The first-order valence-electron chi connectivity index (χ1n) is 17.3. The van der Waals surface area contributed by atoms with Gasteiger partial charge in [-0.2, -0.15) is 0 Å². The van der Waals surface area contributed by atoms with E-state index < -0.39 is 0 Å². The van der Waals surface area contributed by atoms with E-state index in [0.29, 0.717) is 0 Å². The Balaban J connectivity index is 1.29. The van der Waals surface area contributed by atoms with E-state index >= 15 is 0 Å². The molecule has 0 unspecified atom stereocenters. The molecule has 0 radical (unpaired) electrons. The van der Waals surface area contributed by atoms with E-state index in [-0.39, 0.29) is 13.4 Å². The van der Waals surface area contributed by atoms with Gasteiger partial charge in [0.1, 0.15) is 0 Å². The number of nitrogens with zero attached hydrogens (tertiary/aromatic N) is 2. The molecule has 9 aromatic rings. The predicted molar refractivity (Wildman–Crippen MR) is 203 cm³/mol. The van der Waals surface area contributed by atoms with Crippen molar-refractivity contribution in [3.63, 3.8) is 0 Å². The number of fused-ring (bicyclic) bond motifs is 16. The third kappa shape index (κ3) is 2.64. The number of aromatic nitrogens is 2. The maximum absolute atomic E-state index is 2.67. The molecule has 6 heterocycles. The highest BCUT2D eigenvalue weighted by Crippen LogP contribution is 2.44. The summed E-state index contributed by atoms with van der Waals surface area (Å²) in [7, 11) is 0. The van der Waals surface area contributed by atoms with Crippen LogP contribution >= 0.6 is 0 Å². The highest BCUT2D eigenvalue weighted by Gasteiger charge is 2.42. The van der Waals surface area contributed by atoms with Crippen LogP contribution in [0.1, 0.15) is 22.3 Å². The molecule has 4 aliphatic rings. The molecule has 48 heavy (non-hydrogen) atoms. The molecule has 0 saturated carbocycles. The molecule has 0 bridgehead atoms. The maximum Gasteiger partial charge on any atom is 0.247 e. The average Bonchev–Trinajstić information content (AvgIpc) is 3.66. The fourth-order valence-corrected chi connectivity index (χ4v) is 10.6. The van der Waals surface area contributed by atoms with Crippen molar-refractivity contribution >= 4 is 89.8 Å². The quantitative estimate of drug-likeness (QED) is 0.207. The van der Waals surface area contributed by atoms with E-state index in [9.17, 15) is 0 Å². The largest absolute Gasteiger partial charge is 0.310 e. The van der Waals surface area contributed by atoms with Gasteiger partial charge in [0.05, 0.1) is 16.6 Å². The van der Waals surface area contributed by atoms with Crippen LogP contribution in [-0.4, -0.2) is 22.6 Å². The third-order valence-corrected chi connectivity index (χ3v) is 12.3. The first-order valence-corrected chi connectivity index (χ1v) is 17.3. The number of para-hydroxylation sites is 2. The molecule has 218 valence electrons. The summed E-state index contributed by atoms with van der Waals surface area (Å²) in [5.41, 5.74) is 22.7. The van der Waals surface area contributed by atoms with Crippen LogP contribution in [0.4, 0.5) is 0 Å². The van der Waals surface area contributed by atoms with Crippen LogP contribution in [0.25, 0.3) is 55.0 Å². The summed E-state index contributed by atoms with van der Waals surface area (Å²) in [6, 6.07) is 51.2. The summed E-state index contributed by atoms with van der Waals surface area (Å²) in [4.78, 5) is 0. The fraction of sp³-hybridized carbons (Fsp3) is 0.0455. The second-order valence-corrected chi connectivity index (χ2v) is 14.3. The molecular formula is C44H26B2N2. The zero-order chi connectivity index (χ0) is 30.8. The van der Waals surface area contributed by atoms with Crippen molar-refractivity contribution < 1.29 is 0 Å². The summed E-state index contributed by atoms with van der Waals surface area (Å²) in [6.45, 7) is 0.448. The van der Waals surface area contributed by atoms with E-state index in [1.165, 1.54) is 110 Å². The molecule has 2 aromatic heterocycles. The van der Waals surface area contributed by atoms with E-state index in [1.807, 2.05) is 0 Å². The fourth-order valence-electron chi connectivity index (χ4n) is 10.6. The Kier molecular flexibility index (Phi) is 4.18. The molecule has 2 nitrogen and oxygen atoms in total. The minimum atomic E-state index is 0.206. The van der Waals surface area contributed by atoms with Gasteiger partial charge in [-0.1, -0.05) is 126 Å². The Labute approximate surface area is 278 Å². The zero-order valence-corrected chi connectivity index (χ0v) is 26.2. The van der Waals surface area contributed by atoms with Crippen molar-refractivity contribution in [2.45, 2.75) is 12.8 Å². The highest BCUT2D eigenvalue weighted by atomic mass is 15.0. The van der Waals surface area contributed by atoms with Crippen LogP contribution in [-0.2, 0) is 12.8 Å². The van der Waals surface area contributed by atoms with E-state index in [0.717, 1.165) is 12.8 Å². The first-order chi connectivity index (χ1) is 23.8. The minimum Gasteiger partial charge on any atom is -0.310 e. The summed E-state index contributed by atoms with van der Waals surface area (Å²) >= 11 is 0. The van der Waals surface area contributed by atoms with E-state index in [4.69, 9.17) is 0 Å². The van der Waals surface area contributed by atoms with Crippen molar-refractivity contribution in [1.82, 2.24) is 9.13 Å². The van der Waals surface area contributed by atoms with Crippen LogP contribution in [0, 0.1) is 0 Å². The maximum atomic E-state index is 2.67. The predicted octanol–water partition coefficient (Wildman–Crippen LogP) is 5.35. The van der Waals surface area contributed by atoms with Crippen LogP contribution in [0.2, 0.25) is 0 Å². The van der Waals surface area contributed by atoms with Gasteiger partial charge in [0.25, 0.3) is 0 Å². The van der Waals surface area contributed by atoms with Gasteiger partial charge in [0, 0.05) is 38.4 Å². The molecule has 13 rings (SSSR count). The van der Waals surface area contributed by atoms with Gasteiger partial charge in [-0.3, -0.25) is 0 Å². The number of benzene rings is 7. The van der Waals surface area contributed by atoms with Crippen molar-refractivity contribution in [2.75, 3.05) is 0 Å².